The molecule has 3 aromatic carbocycles. The highest BCUT2D eigenvalue weighted by Gasteiger charge is 2.22. The first-order valence-electron chi connectivity index (χ1n) is 12.3. The van der Waals surface area contributed by atoms with Gasteiger partial charge in [-0.3, -0.25) is 9.69 Å². The largest absolute Gasteiger partial charge is 0.497 e. The molecule has 0 saturated carbocycles. The monoisotopic (exact) mass is 472 g/mol. The van der Waals surface area contributed by atoms with Gasteiger partial charge in [-0.25, -0.2) is 0 Å². The summed E-state index contributed by atoms with van der Waals surface area (Å²) in [5, 5.41) is 0. The average Bonchev–Trinajstić information content (AvgIpc) is 2.87. The van der Waals surface area contributed by atoms with Crippen LogP contribution in [0.25, 0.3) is 0 Å². The molecule has 1 aliphatic heterocycles. The SMILES string of the molecule is COc1cccc(CN2CCN(C(=O)c3cccc(COc4ccc(C(C)(C)C)cc4)c3)CC2)c1. The van der Waals surface area contributed by atoms with E-state index in [2.05, 4.69) is 49.9 Å². The second kappa shape index (κ2) is 11.0. The number of hydrogen-bond acceptors (Lipinski definition) is 4. The minimum Gasteiger partial charge on any atom is -0.497 e. The third-order valence-electron chi connectivity index (χ3n) is 6.50. The lowest BCUT2D eigenvalue weighted by molar-refractivity contribution is 0.0628. The standard InChI is InChI=1S/C30H36N2O3/c1-30(2,3)26-11-13-27(14-12-26)35-22-24-8-5-9-25(19-24)29(33)32-17-15-31(16-18-32)21-23-7-6-10-28(20-23)34-4/h5-14,19-20H,15-18,21-22H2,1-4H3. The van der Waals surface area contributed by atoms with Crippen molar-refractivity contribution < 1.29 is 14.3 Å². The van der Waals surface area contributed by atoms with Crippen LogP contribution in [0.1, 0.15) is 47.8 Å². The van der Waals surface area contributed by atoms with Crippen LogP contribution >= 0.6 is 0 Å². The Morgan fingerprint density at radius 1 is 0.829 bits per heavy atom. The molecule has 0 N–H and O–H groups in total. The highest BCUT2D eigenvalue weighted by Crippen LogP contribution is 2.25. The third kappa shape index (κ3) is 6.64. The molecule has 0 unspecified atom stereocenters. The molecule has 5 nitrogen and oxygen atoms in total. The van der Waals surface area contributed by atoms with E-state index in [9.17, 15) is 4.79 Å². The molecule has 3 aromatic rings. The Labute approximate surface area is 209 Å². The van der Waals surface area contributed by atoms with Gasteiger partial charge in [-0.2, -0.15) is 0 Å². The Bertz CT molecular complexity index is 1130. The van der Waals surface area contributed by atoms with Crippen LogP contribution in [-0.2, 0) is 18.6 Å². The number of nitrogens with zero attached hydrogens (tertiary/aromatic N) is 2. The zero-order valence-corrected chi connectivity index (χ0v) is 21.3. The summed E-state index contributed by atoms with van der Waals surface area (Å²) in [7, 11) is 1.69. The number of ether oxygens (including phenoxy) is 2. The van der Waals surface area contributed by atoms with Crippen LogP contribution in [-0.4, -0.2) is 49.0 Å². The molecular weight excluding hydrogens is 436 g/mol. The number of amides is 1. The average molecular weight is 473 g/mol. The molecule has 1 heterocycles. The molecule has 35 heavy (non-hydrogen) atoms. The Morgan fingerprint density at radius 3 is 2.20 bits per heavy atom. The molecule has 1 saturated heterocycles. The van der Waals surface area contributed by atoms with Crippen molar-refractivity contribution in [1.29, 1.82) is 0 Å². The molecule has 0 spiro atoms. The van der Waals surface area contributed by atoms with Crippen molar-refractivity contribution in [3.8, 4) is 11.5 Å². The van der Waals surface area contributed by atoms with Gasteiger partial charge in [-0.05, 0) is 58.5 Å². The van der Waals surface area contributed by atoms with Crippen molar-refractivity contribution >= 4 is 5.91 Å². The smallest absolute Gasteiger partial charge is 0.253 e. The molecule has 4 rings (SSSR count). The second-order valence-corrected chi connectivity index (χ2v) is 10.2. The second-order valence-electron chi connectivity index (χ2n) is 10.2. The van der Waals surface area contributed by atoms with Gasteiger partial charge in [0.25, 0.3) is 5.91 Å². The quantitative estimate of drug-likeness (QED) is 0.453. The molecule has 1 amide bonds. The molecule has 1 aliphatic rings. The summed E-state index contributed by atoms with van der Waals surface area (Å²) in [6.45, 7) is 11.1. The Balaban J connectivity index is 1.30. The van der Waals surface area contributed by atoms with E-state index < -0.39 is 0 Å². The van der Waals surface area contributed by atoms with Crippen LogP contribution in [0, 0.1) is 0 Å². The zero-order valence-electron chi connectivity index (χ0n) is 21.3. The van der Waals surface area contributed by atoms with E-state index in [1.54, 1.807) is 7.11 Å². The Kier molecular flexibility index (Phi) is 7.76. The molecule has 0 radical (unpaired) electrons. The fourth-order valence-corrected chi connectivity index (χ4v) is 4.33. The van der Waals surface area contributed by atoms with Crippen molar-refractivity contribution in [3.05, 3.63) is 95.1 Å². The molecular formula is C30H36N2O3. The van der Waals surface area contributed by atoms with E-state index in [1.165, 1.54) is 11.1 Å². The van der Waals surface area contributed by atoms with Crippen molar-refractivity contribution in [2.24, 2.45) is 0 Å². The van der Waals surface area contributed by atoms with E-state index in [0.29, 0.717) is 6.61 Å². The van der Waals surface area contributed by atoms with Crippen molar-refractivity contribution in [1.82, 2.24) is 9.80 Å². The van der Waals surface area contributed by atoms with Gasteiger partial charge in [-0.15, -0.1) is 0 Å². The van der Waals surface area contributed by atoms with Gasteiger partial charge in [0, 0.05) is 38.3 Å². The molecule has 5 heteroatoms. The normalized spacial score (nSPS) is 14.6. The van der Waals surface area contributed by atoms with Crippen LogP contribution in [0.3, 0.4) is 0 Å². The zero-order chi connectivity index (χ0) is 24.8. The number of hydrogen-bond donors (Lipinski definition) is 0. The van der Waals surface area contributed by atoms with Gasteiger partial charge in [0.2, 0.25) is 0 Å². The molecule has 0 aliphatic carbocycles. The van der Waals surface area contributed by atoms with Crippen LogP contribution in [0.15, 0.2) is 72.8 Å². The van der Waals surface area contributed by atoms with E-state index >= 15 is 0 Å². The summed E-state index contributed by atoms with van der Waals surface area (Å²) < 4.78 is 11.3. The predicted molar refractivity (Wildman–Crippen MR) is 140 cm³/mol. The molecule has 1 fully saturated rings. The minimum absolute atomic E-state index is 0.0856. The van der Waals surface area contributed by atoms with E-state index in [-0.39, 0.29) is 11.3 Å². The van der Waals surface area contributed by atoms with Gasteiger partial charge in [0.15, 0.2) is 0 Å². The lowest BCUT2D eigenvalue weighted by atomic mass is 9.87. The first-order valence-corrected chi connectivity index (χ1v) is 12.3. The number of rotatable bonds is 7. The first-order chi connectivity index (χ1) is 16.8. The number of carbonyl (C=O) groups excluding carboxylic acids is 1. The van der Waals surface area contributed by atoms with E-state index in [4.69, 9.17) is 9.47 Å². The predicted octanol–water partition coefficient (Wildman–Crippen LogP) is 5.53. The summed E-state index contributed by atoms with van der Waals surface area (Å²) >= 11 is 0. The highest BCUT2D eigenvalue weighted by molar-refractivity contribution is 5.94. The number of carbonyl (C=O) groups is 1. The van der Waals surface area contributed by atoms with Gasteiger partial charge in [0.05, 0.1) is 7.11 Å². The summed E-state index contributed by atoms with van der Waals surface area (Å²) in [5.41, 5.74) is 4.34. The lowest BCUT2D eigenvalue weighted by Crippen LogP contribution is -2.48. The van der Waals surface area contributed by atoms with Crippen LogP contribution < -0.4 is 9.47 Å². The lowest BCUT2D eigenvalue weighted by Gasteiger charge is -2.35. The highest BCUT2D eigenvalue weighted by atomic mass is 16.5. The third-order valence-corrected chi connectivity index (χ3v) is 6.50. The van der Waals surface area contributed by atoms with Gasteiger partial charge in [0.1, 0.15) is 18.1 Å². The summed E-state index contributed by atoms with van der Waals surface area (Å²) in [4.78, 5) is 17.5. The minimum atomic E-state index is 0.0856. The van der Waals surface area contributed by atoms with Crippen LogP contribution in [0.2, 0.25) is 0 Å². The van der Waals surface area contributed by atoms with E-state index in [1.807, 2.05) is 53.4 Å². The first kappa shape index (κ1) is 24.8. The number of methoxy groups -OCH3 is 1. The fourth-order valence-electron chi connectivity index (χ4n) is 4.33. The molecule has 0 aromatic heterocycles. The molecule has 184 valence electrons. The maximum atomic E-state index is 13.2. The molecule has 0 atom stereocenters. The Morgan fingerprint density at radius 2 is 1.51 bits per heavy atom. The van der Waals surface area contributed by atoms with Crippen LogP contribution in [0.4, 0.5) is 0 Å². The van der Waals surface area contributed by atoms with Crippen molar-refractivity contribution in [2.45, 2.75) is 39.3 Å². The van der Waals surface area contributed by atoms with Gasteiger partial charge >= 0.3 is 0 Å². The van der Waals surface area contributed by atoms with E-state index in [0.717, 1.165) is 55.3 Å². The van der Waals surface area contributed by atoms with Crippen molar-refractivity contribution in [2.75, 3.05) is 33.3 Å². The summed E-state index contributed by atoms with van der Waals surface area (Å²) in [6.07, 6.45) is 0. The van der Waals surface area contributed by atoms with Gasteiger partial charge in [-0.1, -0.05) is 57.2 Å². The Hall–Kier alpha value is -3.31. The van der Waals surface area contributed by atoms with Crippen molar-refractivity contribution in [3.63, 3.8) is 0 Å². The summed E-state index contributed by atoms with van der Waals surface area (Å²) in [6, 6.07) is 24.2. The maximum Gasteiger partial charge on any atom is 0.253 e. The maximum absolute atomic E-state index is 13.2. The topological polar surface area (TPSA) is 42.0 Å². The van der Waals surface area contributed by atoms with Crippen LogP contribution in [0.5, 0.6) is 11.5 Å². The summed E-state index contributed by atoms with van der Waals surface area (Å²) in [5.74, 6) is 1.80. The van der Waals surface area contributed by atoms with Gasteiger partial charge < -0.3 is 14.4 Å². The fraction of sp³-hybridized carbons (Fsp3) is 0.367. The number of benzene rings is 3. The molecule has 0 bridgehead atoms. The number of piperazine rings is 1.